The Morgan fingerprint density at radius 1 is 0.171 bits per heavy atom. The normalized spacial score (nSPS) is 12.0. The maximum atomic E-state index is 2.52. The van der Waals surface area contributed by atoms with Gasteiger partial charge in [0, 0.05) is 17.1 Å². The summed E-state index contributed by atoms with van der Waals surface area (Å²) in [5.41, 5.74) is 14.2. The van der Waals surface area contributed by atoms with E-state index in [4.69, 9.17) is 0 Å². The summed E-state index contributed by atoms with van der Waals surface area (Å²) < 4.78 is 0. The van der Waals surface area contributed by atoms with Crippen LogP contribution in [-0.2, 0) is 0 Å². The number of benzene rings is 12. The van der Waals surface area contributed by atoms with E-state index in [0.717, 1.165) is 33.8 Å². The molecule has 0 fully saturated rings. The number of hydrogen-bond acceptors (Lipinski definition) is 1. The van der Waals surface area contributed by atoms with E-state index in [2.05, 4.69) is 386 Å². The Kier molecular flexibility index (Phi) is 16.0. The second kappa shape index (κ2) is 24.8. The maximum Gasteiger partial charge on any atom is 0.172 e. The van der Waals surface area contributed by atoms with Gasteiger partial charge in [0.2, 0.25) is 0 Å². The van der Waals surface area contributed by atoms with Gasteiger partial charge in [-0.15, -0.1) is 0 Å². The fourth-order valence-corrected chi connectivity index (χ4v) is 24.5. The Balaban J connectivity index is 0.939. The lowest BCUT2D eigenvalue weighted by Crippen LogP contribution is -2.66. The van der Waals surface area contributed by atoms with Crippen LogP contribution in [0, 0.1) is 0 Å². The molecule has 12 rings (SSSR count). The van der Waals surface area contributed by atoms with Gasteiger partial charge in [-0.2, -0.15) is 0 Å². The lowest BCUT2D eigenvalue weighted by atomic mass is 10.1. The minimum absolute atomic E-state index is 1.08. The SMILES string of the molecule is C(=C[Si](c1ccccc1)(c1ccccc1)c1ccccc1)c1ccc(N(c2ccc(C=C[Si](c3ccccc3)(c3ccccc3)c3ccccc3)cc2)c2ccc(C=C[Si](c3ccccc3)(c3ccccc3)c3ccccc3)cc2)cc1. The second-order valence-corrected chi connectivity index (χ2v) is 31.9. The molecule has 0 aliphatic heterocycles. The predicted octanol–water partition coefficient (Wildman–Crippen LogP) is 13.3. The third-order valence-corrected chi connectivity index (χ3v) is 29.3. The maximum absolute atomic E-state index is 2.61. The van der Waals surface area contributed by atoms with Gasteiger partial charge < -0.3 is 4.90 Å². The Hall–Kier alpha value is -9.69. The van der Waals surface area contributed by atoms with Crippen LogP contribution in [0.25, 0.3) is 18.2 Å². The van der Waals surface area contributed by atoms with E-state index in [0.29, 0.717) is 0 Å². The molecule has 0 N–H and O–H groups in total. The predicted molar refractivity (Wildman–Crippen MR) is 360 cm³/mol. The molecule has 0 saturated carbocycles. The van der Waals surface area contributed by atoms with Gasteiger partial charge >= 0.3 is 0 Å². The van der Waals surface area contributed by atoms with E-state index in [1.54, 1.807) is 0 Å². The van der Waals surface area contributed by atoms with Crippen molar-refractivity contribution in [2.24, 2.45) is 0 Å². The monoisotopic (exact) mass is 1100 g/mol. The van der Waals surface area contributed by atoms with E-state index in [1.807, 2.05) is 0 Å². The van der Waals surface area contributed by atoms with Crippen LogP contribution in [0.15, 0.2) is 363 Å². The second-order valence-electron chi connectivity index (χ2n) is 20.8. The average molecular weight is 1100 g/mol. The Labute approximate surface area is 487 Å². The first-order valence-corrected chi connectivity index (χ1v) is 34.5. The molecule has 0 spiro atoms. The molecule has 0 aromatic heterocycles. The van der Waals surface area contributed by atoms with Gasteiger partial charge in [0.1, 0.15) is 0 Å². The fourth-order valence-electron chi connectivity index (χ4n) is 12.0. The molecule has 0 saturated heterocycles. The van der Waals surface area contributed by atoms with Crippen LogP contribution in [0.2, 0.25) is 0 Å². The summed E-state index contributed by atoms with van der Waals surface area (Å²) in [4.78, 5) is 2.39. The lowest BCUT2D eigenvalue weighted by Gasteiger charge is -2.31. The zero-order chi connectivity index (χ0) is 55.3. The zero-order valence-corrected chi connectivity index (χ0v) is 48.8. The van der Waals surface area contributed by atoms with Crippen molar-refractivity contribution in [3.63, 3.8) is 0 Å². The highest BCUT2D eigenvalue weighted by Crippen LogP contribution is 2.35. The van der Waals surface area contributed by atoms with Crippen molar-refractivity contribution < 1.29 is 0 Å². The first-order valence-electron chi connectivity index (χ1n) is 28.3. The highest BCUT2D eigenvalue weighted by molar-refractivity contribution is 7.16. The molecule has 0 aliphatic carbocycles. The lowest BCUT2D eigenvalue weighted by molar-refractivity contribution is 1.28. The topological polar surface area (TPSA) is 3.24 Å². The van der Waals surface area contributed by atoms with Crippen LogP contribution in [-0.4, -0.2) is 24.2 Å². The molecule has 0 aliphatic rings. The highest BCUT2D eigenvalue weighted by atomic mass is 28.3. The summed E-state index contributed by atoms with van der Waals surface area (Å²) in [6.07, 6.45) is 7.05. The molecule has 1 nitrogen and oxygen atoms in total. The van der Waals surface area contributed by atoms with Crippen LogP contribution in [0.5, 0.6) is 0 Å². The summed E-state index contributed by atoms with van der Waals surface area (Å²) in [5, 5.41) is 12.2. The van der Waals surface area contributed by atoms with Crippen molar-refractivity contribution >= 4 is 106 Å². The molecule has 12 aromatic carbocycles. The molecular formula is C78H63NSi3. The average Bonchev–Trinajstić information content (AvgIpc) is 3.07. The van der Waals surface area contributed by atoms with Crippen LogP contribution in [0.1, 0.15) is 16.7 Å². The summed E-state index contributed by atoms with van der Waals surface area (Å²) in [6.45, 7) is 0. The van der Waals surface area contributed by atoms with Crippen molar-refractivity contribution in [3.05, 3.63) is 380 Å². The van der Waals surface area contributed by atoms with Crippen molar-refractivity contribution in [2.45, 2.75) is 0 Å². The number of hydrogen-bond donors (Lipinski definition) is 0. The summed E-state index contributed by atoms with van der Waals surface area (Å²) >= 11 is 0. The van der Waals surface area contributed by atoms with Gasteiger partial charge in [0.25, 0.3) is 0 Å². The molecule has 392 valence electrons. The third-order valence-electron chi connectivity index (χ3n) is 16.1. The van der Waals surface area contributed by atoms with Gasteiger partial charge in [-0.25, -0.2) is 0 Å². The molecule has 4 heteroatoms. The Bertz CT molecular complexity index is 3290. The molecule has 0 bridgehead atoms. The Morgan fingerprint density at radius 3 is 0.463 bits per heavy atom. The molecule has 82 heavy (non-hydrogen) atoms. The fraction of sp³-hybridized carbons (Fsp3) is 0. The minimum atomic E-state index is -2.61. The first kappa shape index (κ1) is 53.0. The number of anilines is 3. The number of rotatable bonds is 18. The van der Waals surface area contributed by atoms with Crippen LogP contribution in [0.4, 0.5) is 17.1 Å². The summed E-state index contributed by atoms with van der Waals surface area (Å²) in [5.74, 6) is 0. The van der Waals surface area contributed by atoms with Gasteiger partial charge in [-0.3, -0.25) is 0 Å². The van der Waals surface area contributed by atoms with E-state index in [1.165, 1.54) is 46.7 Å². The smallest absolute Gasteiger partial charge is 0.172 e. The zero-order valence-electron chi connectivity index (χ0n) is 45.8. The van der Waals surface area contributed by atoms with E-state index >= 15 is 0 Å². The molecule has 0 heterocycles. The Morgan fingerprint density at radius 2 is 0.317 bits per heavy atom. The summed E-state index contributed by atoms with van der Waals surface area (Å²) in [6, 6.07) is 127. The molecular weight excluding hydrogens is 1040 g/mol. The largest absolute Gasteiger partial charge is 0.311 e. The third kappa shape index (κ3) is 10.9. The van der Waals surface area contributed by atoms with Gasteiger partial charge in [-0.05, 0) is 99.8 Å². The first-order chi connectivity index (χ1) is 40.6. The summed E-state index contributed by atoms with van der Waals surface area (Å²) in [7, 11) is -7.83. The molecule has 0 radical (unpaired) electrons. The number of nitrogens with zero attached hydrogens (tertiary/aromatic N) is 1. The van der Waals surface area contributed by atoms with Crippen LogP contribution < -0.4 is 51.6 Å². The molecule has 0 unspecified atom stereocenters. The van der Waals surface area contributed by atoms with E-state index in [9.17, 15) is 0 Å². The standard InChI is InChI=1S/C78H63NSi3/c1-10-28-70(29-11-1)80(71-30-12-2-13-31-71,72-32-14-3-15-33-72)61-58-64-46-52-67(53-47-64)79(68-54-48-65(49-55-68)59-62-81(73-34-16-4-17-35-73,74-36-18-5-19-37-74)75-38-20-6-21-39-75)69-56-50-66(51-57-69)60-63-82(76-40-22-7-23-41-76,77-42-24-8-25-43-77)78-44-26-9-27-45-78/h1-63H. The van der Waals surface area contributed by atoms with Crippen molar-refractivity contribution in [2.75, 3.05) is 4.90 Å². The molecule has 0 atom stereocenters. The minimum Gasteiger partial charge on any atom is -0.311 e. The van der Waals surface area contributed by atoms with Crippen molar-refractivity contribution in [3.8, 4) is 0 Å². The molecule has 0 amide bonds. The highest BCUT2D eigenvalue weighted by Gasteiger charge is 2.39. The quantitative estimate of drug-likeness (QED) is 0.0611. The van der Waals surface area contributed by atoms with E-state index < -0.39 is 24.2 Å². The van der Waals surface area contributed by atoms with Gasteiger partial charge in [0.15, 0.2) is 24.2 Å². The van der Waals surface area contributed by atoms with Crippen molar-refractivity contribution in [1.29, 1.82) is 0 Å². The van der Waals surface area contributed by atoms with Crippen molar-refractivity contribution in [1.82, 2.24) is 0 Å². The van der Waals surface area contributed by atoms with Gasteiger partial charge in [0.05, 0.1) is 0 Å². The van der Waals surface area contributed by atoms with Crippen LogP contribution in [0.3, 0.4) is 0 Å². The van der Waals surface area contributed by atoms with E-state index in [-0.39, 0.29) is 0 Å². The molecule has 12 aromatic rings. The van der Waals surface area contributed by atoms with Gasteiger partial charge in [-0.1, -0.05) is 345 Å². The van der Waals surface area contributed by atoms with Crippen LogP contribution >= 0.6 is 0 Å².